The van der Waals surface area contributed by atoms with Crippen LogP contribution in [0.15, 0.2) is 60.9 Å². The third-order valence-corrected chi connectivity index (χ3v) is 4.41. The molecular formula is C20H18Cl2N4O3. The highest BCUT2D eigenvalue weighted by atomic mass is 35.5. The molecule has 9 heteroatoms. The van der Waals surface area contributed by atoms with E-state index in [9.17, 15) is 9.59 Å². The number of carbonyl (C=O) groups is 2. The molecule has 0 saturated heterocycles. The lowest BCUT2D eigenvalue weighted by molar-refractivity contribution is -0.122. The van der Waals surface area contributed by atoms with Crippen molar-refractivity contribution >= 4 is 35.0 Å². The Labute approximate surface area is 177 Å². The number of halogens is 2. The topological polar surface area (TPSA) is 85.2 Å². The Morgan fingerprint density at radius 3 is 2.62 bits per heavy atom. The fraction of sp³-hybridized carbons (Fsp3) is 0.150. The summed E-state index contributed by atoms with van der Waals surface area (Å²) in [6.07, 6.45) is 3.64. The number of rotatable bonds is 7. The van der Waals surface area contributed by atoms with Gasteiger partial charge < -0.3 is 4.74 Å². The van der Waals surface area contributed by atoms with Gasteiger partial charge in [0, 0.05) is 17.6 Å². The first kappa shape index (κ1) is 20.7. The van der Waals surface area contributed by atoms with E-state index in [1.807, 2.05) is 30.3 Å². The number of para-hydroxylation sites is 1. The molecule has 0 fully saturated rings. The molecule has 0 aliphatic carbocycles. The number of benzene rings is 2. The zero-order valence-corrected chi connectivity index (χ0v) is 16.8. The second-order valence-electron chi connectivity index (χ2n) is 6.04. The van der Waals surface area contributed by atoms with Crippen molar-refractivity contribution in [1.29, 1.82) is 0 Å². The molecule has 2 N–H and O–H groups in total. The van der Waals surface area contributed by atoms with Gasteiger partial charge in [-0.3, -0.25) is 20.4 Å². The Hall–Kier alpha value is -3.03. The molecule has 29 heavy (non-hydrogen) atoms. The highest BCUT2D eigenvalue weighted by Crippen LogP contribution is 2.27. The number of nitrogens with one attached hydrogen (secondary N) is 2. The maximum absolute atomic E-state index is 12.1. The minimum Gasteiger partial charge on any atom is -0.492 e. The van der Waals surface area contributed by atoms with Crippen molar-refractivity contribution in [3.8, 4) is 11.4 Å². The van der Waals surface area contributed by atoms with Gasteiger partial charge >= 0.3 is 0 Å². The van der Waals surface area contributed by atoms with Crippen molar-refractivity contribution in [1.82, 2.24) is 20.6 Å². The largest absolute Gasteiger partial charge is 0.492 e. The van der Waals surface area contributed by atoms with Crippen LogP contribution in [0.1, 0.15) is 23.2 Å². The number of hydrogen-bond acceptors (Lipinski definition) is 4. The smallest absolute Gasteiger partial charge is 0.272 e. The molecule has 3 rings (SSSR count). The lowest BCUT2D eigenvalue weighted by Gasteiger charge is -2.09. The zero-order chi connectivity index (χ0) is 20.6. The van der Waals surface area contributed by atoms with Crippen LogP contribution >= 0.6 is 23.2 Å². The average Bonchev–Trinajstić information content (AvgIpc) is 3.22. The Balaban J connectivity index is 1.39. The average molecular weight is 433 g/mol. The Kier molecular flexibility index (Phi) is 7.10. The van der Waals surface area contributed by atoms with Gasteiger partial charge in [-0.15, -0.1) is 0 Å². The second kappa shape index (κ2) is 9.95. The fourth-order valence-electron chi connectivity index (χ4n) is 2.43. The molecule has 0 unspecified atom stereocenters. The number of amides is 2. The van der Waals surface area contributed by atoms with Gasteiger partial charge in [-0.1, -0.05) is 41.4 Å². The second-order valence-corrected chi connectivity index (χ2v) is 6.88. The van der Waals surface area contributed by atoms with Crippen LogP contribution < -0.4 is 15.6 Å². The highest BCUT2D eigenvalue weighted by Gasteiger charge is 2.11. The number of hydrogen-bond donors (Lipinski definition) is 2. The summed E-state index contributed by atoms with van der Waals surface area (Å²) in [5.41, 5.74) is 5.90. The zero-order valence-electron chi connectivity index (χ0n) is 15.3. The molecule has 0 radical (unpaired) electrons. The van der Waals surface area contributed by atoms with Gasteiger partial charge in [0.25, 0.3) is 5.91 Å². The Morgan fingerprint density at radius 1 is 1.07 bits per heavy atom. The number of aromatic nitrogens is 2. The molecule has 0 atom stereocenters. The minimum absolute atomic E-state index is 0.175. The van der Waals surface area contributed by atoms with Crippen molar-refractivity contribution in [2.45, 2.75) is 12.8 Å². The van der Waals surface area contributed by atoms with E-state index in [0.717, 1.165) is 5.69 Å². The first-order valence-corrected chi connectivity index (χ1v) is 9.55. The van der Waals surface area contributed by atoms with E-state index in [1.165, 1.54) is 6.20 Å². The highest BCUT2D eigenvalue weighted by molar-refractivity contribution is 6.35. The van der Waals surface area contributed by atoms with E-state index >= 15 is 0 Å². The Bertz CT molecular complexity index is 992. The summed E-state index contributed by atoms with van der Waals surface area (Å²) in [4.78, 5) is 24.0. The molecule has 1 heterocycles. The summed E-state index contributed by atoms with van der Waals surface area (Å²) in [6, 6.07) is 14.3. The maximum Gasteiger partial charge on any atom is 0.272 e. The predicted octanol–water partition coefficient (Wildman–Crippen LogP) is 3.80. The van der Waals surface area contributed by atoms with Crippen LogP contribution in [0.3, 0.4) is 0 Å². The summed E-state index contributed by atoms with van der Waals surface area (Å²) in [6.45, 7) is 0.298. The third-order valence-electron chi connectivity index (χ3n) is 3.88. The van der Waals surface area contributed by atoms with Crippen molar-refractivity contribution in [2.75, 3.05) is 6.61 Å². The van der Waals surface area contributed by atoms with E-state index in [1.54, 1.807) is 29.1 Å². The van der Waals surface area contributed by atoms with Crippen molar-refractivity contribution in [2.24, 2.45) is 0 Å². The number of hydrazine groups is 1. The van der Waals surface area contributed by atoms with E-state index in [2.05, 4.69) is 16.0 Å². The molecule has 0 aliphatic heterocycles. The summed E-state index contributed by atoms with van der Waals surface area (Å²) in [5, 5.41) is 5.07. The predicted molar refractivity (Wildman–Crippen MR) is 110 cm³/mol. The van der Waals surface area contributed by atoms with Gasteiger partial charge in [0.2, 0.25) is 5.91 Å². The third kappa shape index (κ3) is 5.97. The molecular weight excluding hydrogens is 415 g/mol. The van der Waals surface area contributed by atoms with E-state index in [0.29, 0.717) is 34.4 Å². The van der Waals surface area contributed by atoms with Crippen molar-refractivity contribution in [3.63, 3.8) is 0 Å². The summed E-state index contributed by atoms with van der Waals surface area (Å²) >= 11 is 11.8. The molecule has 0 saturated carbocycles. The number of carbonyl (C=O) groups excluding carboxylic acids is 2. The van der Waals surface area contributed by atoms with Crippen molar-refractivity contribution in [3.05, 3.63) is 76.5 Å². The van der Waals surface area contributed by atoms with E-state index in [-0.39, 0.29) is 12.3 Å². The van der Waals surface area contributed by atoms with Crippen LogP contribution in [0, 0.1) is 0 Å². The molecule has 1 aromatic heterocycles. The lowest BCUT2D eigenvalue weighted by atomic mass is 10.3. The summed E-state index contributed by atoms with van der Waals surface area (Å²) < 4.78 is 7.09. The summed E-state index contributed by atoms with van der Waals surface area (Å²) in [5.74, 6) is -0.287. The molecule has 0 aliphatic rings. The van der Waals surface area contributed by atoms with Gasteiger partial charge in [-0.25, -0.2) is 4.68 Å². The van der Waals surface area contributed by atoms with E-state index < -0.39 is 5.91 Å². The summed E-state index contributed by atoms with van der Waals surface area (Å²) in [7, 11) is 0. The molecule has 3 aromatic rings. The van der Waals surface area contributed by atoms with Crippen molar-refractivity contribution < 1.29 is 14.3 Å². The maximum atomic E-state index is 12.1. The first-order valence-electron chi connectivity index (χ1n) is 8.80. The molecule has 0 bridgehead atoms. The fourth-order valence-corrected chi connectivity index (χ4v) is 2.89. The monoisotopic (exact) mass is 432 g/mol. The first-order chi connectivity index (χ1) is 14.0. The van der Waals surface area contributed by atoms with Gasteiger partial charge in [-0.05, 0) is 36.8 Å². The minimum atomic E-state index is -0.454. The molecule has 2 amide bonds. The van der Waals surface area contributed by atoms with E-state index in [4.69, 9.17) is 27.9 Å². The van der Waals surface area contributed by atoms with Crippen LogP contribution in [0.5, 0.6) is 5.75 Å². The molecule has 7 nitrogen and oxygen atoms in total. The van der Waals surface area contributed by atoms with Crippen LogP contribution in [0.4, 0.5) is 0 Å². The molecule has 0 spiro atoms. The van der Waals surface area contributed by atoms with Gasteiger partial charge in [0.15, 0.2) is 0 Å². The molecule has 2 aromatic carbocycles. The van der Waals surface area contributed by atoms with Crippen LogP contribution in [0.2, 0.25) is 10.0 Å². The van der Waals surface area contributed by atoms with Gasteiger partial charge in [0.1, 0.15) is 5.75 Å². The standard InChI is InChI=1S/C20H18Cl2N4O3/c21-15-8-9-18(17(22)11-15)29-10-4-7-19(27)24-25-20(28)14-12-23-26(13-14)16-5-2-1-3-6-16/h1-3,5-6,8-9,11-13H,4,7,10H2,(H,24,27)(H,25,28). The quantitative estimate of drug-likeness (QED) is 0.439. The van der Waals surface area contributed by atoms with Crippen LogP contribution in [0.25, 0.3) is 5.69 Å². The van der Waals surface area contributed by atoms with Gasteiger partial charge in [-0.2, -0.15) is 5.10 Å². The van der Waals surface area contributed by atoms with Crippen LogP contribution in [-0.2, 0) is 4.79 Å². The van der Waals surface area contributed by atoms with Gasteiger partial charge in [0.05, 0.1) is 29.1 Å². The normalized spacial score (nSPS) is 10.4. The van der Waals surface area contributed by atoms with Crippen LogP contribution in [-0.4, -0.2) is 28.2 Å². The molecule has 150 valence electrons. The SMILES string of the molecule is O=C(CCCOc1ccc(Cl)cc1Cl)NNC(=O)c1cnn(-c2ccccc2)c1. The lowest BCUT2D eigenvalue weighted by Crippen LogP contribution is -2.41. The number of nitrogens with zero attached hydrogens (tertiary/aromatic N) is 2. The number of ether oxygens (including phenoxy) is 1. The Morgan fingerprint density at radius 2 is 1.86 bits per heavy atom.